The van der Waals surface area contributed by atoms with Crippen LogP contribution in [0.5, 0.6) is 0 Å². The topological polar surface area (TPSA) is 20.2 Å². The molecule has 1 N–H and O–H groups in total. The molecular formula is C12H15BrO. The number of halogens is 1. The number of hydrogen-bond acceptors (Lipinski definition) is 1. The quantitative estimate of drug-likeness (QED) is 0.802. The molecule has 0 radical (unpaired) electrons. The average molecular weight is 255 g/mol. The van der Waals surface area contributed by atoms with Gasteiger partial charge in [-0.25, -0.2) is 0 Å². The van der Waals surface area contributed by atoms with Crippen LogP contribution in [0.1, 0.15) is 17.5 Å². The van der Waals surface area contributed by atoms with E-state index in [2.05, 4.69) is 52.3 Å². The Bertz CT molecular complexity index is 277. The van der Waals surface area contributed by atoms with Gasteiger partial charge in [0.05, 0.1) is 0 Å². The Hall–Kier alpha value is -0.600. The third-order valence-electron chi connectivity index (χ3n) is 1.97. The van der Waals surface area contributed by atoms with Crippen molar-refractivity contribution in [3.63, 3.8) is 0 Å². The van der Waals surface area contributed by atoms with Crippen LogP contribution in [0.25, 0.3) is 6.08 Å². The number of benzene rings is 1. The molecule has 76 valence electrons. The highest BCUT2D eigenvalue weighted by atomic mass is 79.9. The SMILES string of the molecule is OCCc1ccc(C=CCCBr)cc1. The van der Waals surface area contributed by atoms with Crippen molar-refractivity contribution in [2.24, 2.45) is 0 Å². The molecule has 0 unspecified atom stereocenters. The first-order valence-electron chi connectivity index (χ1n) is 4.79. The van der Waals surface area contributed by atoms with Gasteiger partial charge in [0, 0.05) is 11.9 Å². The lowest BCUT2D eigenvalue weighted by molar-refractivity contribution is 0.299. The van der Waals surface area contributed by atoms with E-state index in [1.54, 1.807) is 0 Å². The Kier molecular flexibility index (Phi) is 5.57. The second-order valence-corrected chi connectivity index (χ2v) is 3.89. The Labute approximate surface area is 93.6 Å². The molecular weight excluding hydrogens is 240 g/mol. The van der Waals surface area contributed by atoms with Gasteiger partial charge >= 0.3 is 0 Å². The number of aliphatic hydroxyl groups is 1. The third kappa shape index (κ3) is 4.07. The van der Waals surface area contributed by atoms with E-state index in [1.165, 1.54) is 11.1 Å². The van der Waals surface area contributed by atoms with Crippen molar-refractivity contribution in [2.45, 2.75) is 12.8 Å². The summed E-state index contributed by atoms with van der Waals surface area (Å²) < 4.78 is 0. The Morgan fingerprint density at radius 1 is 1.21 bits per heavy atom. The Balaban J connectivity index is 2.54. The van der Waals surface area contributed by atoms with Crippen molar-refractivity contribution in [3.8, 4) is 0 Å². The normalized spacial score (nSPS) is 11.0. The van der Waals surface area contributed by atoms with Gasteiger partial charge in [0.1, 0.15) is 0 Å². The van der Waals surface area contributed by atoms with Crippen LogP contribution in [0.2, 0.25) is 0 Å². The Morgan fingerprint density at radius 3 is 2.50 bits per heavy atom. The summed E-state index contributed by atoms with van der Waals surface area (Å²) in [6, 6.07) is 8.28. The molecule has 1 aromatic carbocycles. The fourth-order valence-electron chi connectivity index (χ4n) is 1.21. The molecule has 2 heteroatoms. The van der Waals surface area contributed by atoms with E-state index in [0.29, 0.717) is 0 Å². The van der Waals surface area contributed by atoms with Crippen LogP contribution in [-0.2, 0) is 6.42 Å². The number of aliphatic hydroxyl groups excluding tert-OH is 1. The van der Waals surface area contributed by atoms with Crippen LogP contribution in [0, 0.1) is 0 Å². The molecule has 0 spiro atoms. The molecule has 0 aliphatic heterocycles. The summed E-state index contributed by atoms with van der Waals surface area (Å²) in [7, 11) is 0. The van der Waals surface area contributed by atoms with Crippen molar-refractivity contribution >= 4 is 22.0 Å². The summed E-state index contributed by atoms with van der Waals surface area (Å²) in [5, 5.41) is 9.75. The van der Waals surface area contributed by atoms with E-state index in [4.69, 9.17) is 5.11 Å². The molecule has 1 rings (SSSR count). The van der Waals surface area contributed by atoms with Gasteiger partial charge in [0.25, 0.3) is 0 Å². The highest BCUT2D eigenvalue weighted by Gasteiger charge is 1.90. The second-order valence-electron chi connectivity index (χ2n) is 3.10. The predicted molar refractivity (Wildman–Crippen MR) is 64.7 cm³/mol. The van der Waals surface area contributed by atoms with E-state index in [1.807, 2.05) is 0 Å². The first-order valence-corrected chi connectivity index (χ1v) is 5.91. The van der Waals surface area contributed by atoms with Gasteiger partial charge in [-0.1, -0.05) is 52.3 Å². The summed E-state index contributed by atoms with van der Waals surface area (Å²) in [5.41, 5.74) is 2.40. The van der Waals surface area contributed by atoms with Gasteiger partial charge in [0.2, 0.25) is 0 Å². The molecule has 1 nitrogen and oxygen atoms in total. The van der Waals surface area contributed by atoms with Gasteiger partial charge < -0.3 is 5.11 Å². The minimum Gasteiger partial charge on any atom is -0.396 e. The van der Waals surface area contributed by atoms with Gasteiger partial charge in [-0.3, -0.25) is 0 Å². The fourth-order valence-corrected chi connectivity index (χ4v) is 1.47. The van der Waals surface area contributed by atoms with Crippen LogP contribution in [0.3, 0.4) is 0 Å². The maximum atomic E-state index is 8.74. The standard InChI is InChI=1S/C12H15BrO/c13-9-2-1-3-11-4-6-12(7-5-11)8-10-14/h1,3-7,14H,2,8-10H2. The summed E-state index contributed by atoms with van der Waals surface area (Å²) >= 11 is 3.38. The molecule has 0 heterocycles. The first-order chi connectivity index (χ1) is 6.86. The van der Waals surface area contributed by atoms with Gasteiger partial charge in [-0.15, -0.1) is 0 Å². The molecule has 14 heavy (non-hydrogen) atoms. The molecule has 0 aliphatic carbocycles. The summed E-state index contributed by atoms with van der Waals surface area (Å²) in [4.78, 5) is 0. The van der Waals surface area contributed by atoms with E-state index >= 15 is 0 Å². The van der Waals surface area contributed by atoms with Crippen molar-refractivity contribution in [1.82, 2.24) is 0 Å². The molecule has 0 amide bonds. The minimum absolute atomic E-state index is 0.221. The molecule has 0 saturated carbocycles. The number of hydrogen-bond donors (Lipinski definition) is 1. The van der Waals surface area contributed by atoms with E-state index in [9.17, 15) is 0 Å². The zero-order valence-corrected chi connectivity index (χ0v) is 9.70. The number of rotatable bonds is 5. The maximum Gasteiger partial charge on any atom is 0.0471 e. The highest BCUT2D eigenvalue weighted by molar-refractivity contribution is 9.09. The lowest BCUT2D eigenvalue weighted by atomic mass is 10.1. The zero-order chi connectivity index (χ0) is 10.2. The molecule has 0 atom stereocenters. The molecule has 1 aromatic rings. The highest BCUT2D eigenvalue weighted by Crippen LogP contribution is 2.07. The van der Waals surface area contributed by atoms with Crippen LogP contribution >= 0.6 is 15.9 Å². The van der Waals surface area contributed by atoms with Crippen molar-refractivity contribution in [1.29, 1.82) is 0 Å². The molecule has 0 bridgehead atoms. The van der Waals surface area contributed by atoms with Gasteiger partial charge in [-0.05, 0) is 24.0 Å². The van der Waals surface area contributed by atoms with E-state index < -0.39 is 0 Å². The van der Waals surface area contributed by atoms with Crippen molar-refractivity contribution in [3.05, 3.63) is 41.5 Å². The molecule has 0 saturated heterocycles. The Morgan fingerprint density at radius 2 is 1.93 bits per heavy atom. The molecule has 0 fully saturated rings. The summed E-state index contributed by atoms with van der Waals surface area (Å²) in [6.07, 6.45) is 6.06. The molecule has 0 aliphatic rings. The van der Waals surface area contributed by atoms with Crippen LogP contribution < -0.4 is 0 Å². The summed E-state index contributed by atoms with van der Waals surface area (Å²) in [5.74, 6) is 0. The lowest BCUT2D eigenvalue weighted by Gasteiger charge is -1.98. The number of alkyl halides is 1. The van der Waals surface area contributed by atoms with Crippen molar-refractivity contribution < 1.29 is 5.11 Å². The van der Waals surface area contributed by atoms with E-state index in [0.717, 1.165) is 18.2 Å². The third-order valence-corrected chi connectivity index (χ3v) is 2.42. The van der Waals surface area contributed by atoms with Gasteiger partial charge in [-0.2, -0.15) is 0 Å². The second kappa shape index (κ2) is 6.80. The van der Waals surface area contributed by atoms with E-state index in [-0.39, 0.29) is 6.61 Å². The maximum absolute atomic E-state index is 8.74. The zero-order valence-electron chi connectivity index (χ0n) is 8.12. The first kappa shape index (κ1) is 11.5. The number of allylic oxidation sites excluding steroid dienone is 1. The van der Waals surface area contributed by atoms with Crippen LogP contribution in [0.4, 0.5) is 0 Å². The minimum atomic E-state index is 0.221. The largest absolute Gasteiger partial charge is 0.396 e. The molecule has 0 aromatic heterocycles. The fraction of sp³-hybridized carbons (Fsp3) is 0.333. The van der Waals surface area contributed by atoms with Crippen LogP contribution in [0.15, 0.2) is 30.3 Å². The predicted octanol–water partition coefficient (Wildman–Crippen LogP) is 3.02. The average Bonchev–Trinajstić information content (AvgIpc) is 2.21. The van der Waals surface area contributed by atoms with Crippen LogP contribution in [-0.4, -0.2) is 17.0 Å². The van der Waals surface area contributed by atoms with Crippen molar-refractivity contribution in [2.75, 3.05) is 11.9 Å². The monoisotopic (exact) mass is 254 g/mol. The summed E-state index contributed by atoms with van der Waals surface area (Å²) in [6.45, 7) is 0.221. The lowest BCUT2D eigenvalue weighted by Crippen LogP contribution is -1.89. The smallest absolute Gasteiger partial charge is 0.0471 e. The van der Waals surface area contributed by atoms with Gasteiger partial charge in [0.15, 0.2) is 0 Å².